The standard InChI is InChI=1S/C33H45NO10/c1-18-29(43-20(3)36)26(42-19(2)35)14-28(41-18)44-22-5-10-31(17-34)24-6-9-30(4)23(21-13-27(37)40-16-21)8-12-33(30,39)25(24)7-11-32(31,38)15-22/h13,18,22-26,28-29,38-39H,5-12,14-16H2,1-4H3/t18-,22-,23+,24+,25-,26+,28+,29-,30-,31+,32+,33+/m1/s1. The molecule has 2 N–H and O–H groups in total. The lowest BCUT2D eigenvalue weighted by Gasteiger charge is -2.64. The van der Waals surface area contributed by atoms with E-state index in [4.69, 9.17) is 23.7 Å². The van der Waals surface area contributed by atoms with Crippen LogP contribution >= 0.6 is 0 Å². The molecular formula is C33H45NO10. The van der Waals surface area contributed by atoms with E-state index in [2.05, 4.69) is 13.0 Å². The van der Waals surface area contributed by atoms with Gasteiger partial charge < -0.3 is 33.9 Å². The van der Waals surface area contributed by atoms with Crippen molar-refractivity contribution in [2.24, 2.45) is 28.6 Å². The third-order valence-electron chi connectivity index (χ3n) is 12.3. The van der Waals surface area contributed by atoms with E-state index in [1.54, 1.807) is 13.0 Å². The van der Waals surface area contributed by atoms with Gasteiger partial charge in [0.05, 0.1) is 34.9 Å². The van der Waals surface area contributed by atoms with Crippen molar-refractivity contribution in [1.82, 2.24) is 0 Å². The first-order valence-electron chi connectivity index (χ1n) is 16.1. The van der Waals surface area contributed by atoms with Crippen LogP contribution in [0.25, 0.3) is 0 Å². The van der Waals surface area contributed by atoms with Crippen LogP contribution in [0, 0.1) is 39.9 Å². The number of carbonyl (C=O) groups excluding carboxylic acids is 3. The number of hydrogen-bond donors (Lipinski definition) is 2. The molecule has 12 atom stereocenters. The minimum Gasteiger partial charge on any atom is -0.458 e. The fraction of sp³-hybridized carbons (Fsp3) is 0.818. The van der Waals surface area contributed by atoms with Crippen LogP contribution in [-0.2, 0) is 38.1 Å². The lowest BCUT2D eigenvalue weighted by molar-refractivity contribution is -0.287. The minimum atomic E-state index is -1.29. The molecular weight excluding hydrogens is 570 g/mol. The van der Waals surface area contributed by atoms with E-state index in [-0.39, 0.29) is 43.2 Å². The maximum atomic E-state index is 12.5. The predicted molar refractivity (Wildman–Crippen MR) is 152 cm³/mol. The second-order valence-electron chi connectivity index (χ2n) is 14.4. The van der Waals surface area contributed by atoms with Gasteiger partial charge in [0.25, 0.3) is 0 Å². The van der Waals surface area contributed by atoms with Crippen molar-refractivity contribution in [2.45, 2.75) is 134 Å². The number of nitriles is 1. The highest BCUT2D eigenvalue weighted by Gasteiger charge is 2.72. The van der Waals surface area contributed by atoms with Gasteiger partial charge in [0, 0.05) is 38.2 Å². The van der Waals surface area contributed by atoms with Crippen molar-refractivity contribution in [1.29, 1.82) is 5.26 Å². The molecule has 4 aliphatic carbocycles. The zero-order valence-electron chi connectivity index (χ0n) is 26.1. The molecule has 4 saturated carbocycles. The van der Waals surface area contributed by atoms with Crippen molar-refractivity contribution in [3.8, 4) is 6.07 Å². The van der Waals surface area contributed by atoms with Crippen LogP contribution in [0.15, 0.2) is 11.6 Å². The molecule has 0 unspecified atom stereocenters. The second kappa shape index (κ2) is 11.1. The van der Waals surface area contributed by atoms with Gasteiger partial charge in [0.2, 0.25) is 0 Å². The van der Waals surface area contributed by atoms with Crippen molar-refractivity contribution in [3.63, 3.8) is 0 Å². The number of rotatable bonds is 5. The molecule has 6 rings (SSSR count). The van der Waals surface area contributed by atoms with Gasteiger partial charge in [0.15, 0.2) is 12.4 Å². The van der Waals surface area contributed by atoms with E-state index < -0.39 is 64.7 Å². The van der Waals surface area contributed by atoms with Crippen molar-refractivity contribution < 1.29 is 48.3 Å². The van der Waals surface area contributed by atoms with Crippen molar-refractivity contribution in [3.05, 3.63) is 11.6 Å². The summed E-state index contributed by atoms with van der Waals surface area (Å²) in [5, 5.41) is 35.5. The number of hydrogen-bond acceptors (Lipinski definition) is 11. The van der Waals surface area contributed by atoms with Crippen LogP contribution in [0.1, 0.15) is 91.9 Å². The Balaban J connectivity index is 1.18. The molecule has 44 heavy (non-hydrogen) atoms. The van der Waals surface area contributed by atoms with E-state index in [0.29, 0.717) is 44.9 Å². The SMILES string of the molecule is CC(=O)O[C@H]1[C@@H](OC(C)=O)C[C@H](O[C@@H]2CC[C@]3(C#N)[C@H]4CC[C@]5(C)[C@H](C6=CC(=O)OC6)CC[C@]5(O)[C@@H]4CC[C@]3(O)C2)O[C@@H]1C. The molecule has 11 heteroatoms. The Bertz CT molecular complexity index is 1280. The molecule has 2 heterocycles. The lowest BCUT2D eigenvalue weighted by Crippen LogP contribution is -2.68. The Labute approximate surface area is 258 Å². The molecule has 0 radical (unpaired) electrons. The smallest absolute Gasteiger partial charge is 0.331 e. The summed E-state index contributed by atoms with van der Waals surface area (Å²) in [6.45, 7) is 6.74. The van der Waals surface area contributed by atoms with E-state index in [1.165, 1.54) is 13.8 Å². The molecule has 0 amide bonds. The van der Waals surface area contributed by atoms with E-state index >= 15 is 0 Å². The molecule has 6 aliphatic rings. The minimum absolute atomic E-state index is 0.0528. The van der Waals surface area contributed by atoms with Gasteiger partial charge in [-0.1, -0.05) is 6.92 Å². The Kier molecular flexibility index (Phi) is 7.92. The average molecular weight is 616 g/mol. The lowest BCUT2D eigenvalue weighted by atomic mass is 9.41. The summed E-state index contributed by atoms with van der Waals surface area (Å²) in [5.74, 6) is -1.56. The quantitative estimate of drug-likeness (QED) is 0.265. The van der Waals surface area contributed by atoms with Gasteiger partial charge in [-0.05, 0) is 81.6 Å². The summed E-state index contributed by atoms with van der Waals surface area (Å²) in [5.41, 5.74) is -2.78. The number of carbonyl (C=O) groups is 3. The van der Waals surface area contributed by atoms with Gasteiger partial charge in [-0.2, -0.15) is 5.26 Å². The number of ether oxygens (including phenoxy) is 5. The first kappa shape index (κ1) is 31.5. The summed E-state index contributed by atoms with van der Waals surface area (Å²) in [4.78, 5) is 35.3. The molecule has 0 aromatic carbocycles. The van der Waals surface area contributed by atoms with E-state index in [9.17, 15) is 29.9 Å². The number of nitrogens with zero attached hydrogens (tertiary/aromatic N) is 1. The molecule has 0 aromatic rings. The first-order valence-corrected chi connectivity index (χ1v) is 16.1. The van der Waals surface area contributed by atoms with Gasteiger partial charge in [-0.25, -0.2) is 4.79 Å². The number of fused-ring (bicyclic) bond motifs is 5. The Morgan fingerprint density at radius 2 is 1.75 bits per heavy atom. The molecule has 0 spiro atoms. The zero-order valence-corrected chi connectivity index (χ0v) is 26.1. The van der Waals surface area contributed by atoms with Gasteiger partial charge in [0.1, 0.15) is 12.7 Å². The fourth-order valence-electron chi connectivity index (χ4n) is 10.4. The van der Waals surface area contributed by atoms with Crippen LogP contribution < -0.4 is 0 Å². The average Bonchev–Trinajstić information content (AvgIpc) is 3.49. The molecule has 242 valence electrons. The topological polar surface area (TPSA) is 162 Å². The summed E-state index contributed by atoms with van der Waals surface area (Å²) < 4.78 is 28.5. The summed E-state index contributed by atoms with van der Waals surface area (Å²) >= 11 is 0. The summed E-state index contributed by atoms with van der Waals surface area (Å²) in [6, 6.07) is 2.59. The Hall–Kier alpha value is -2.52. The molecule has 2 aliphatic heterocycles. The Morgan fingerprint density at radius 1 is 1.02 bits per heavy atom. The Morgan fingerprint density at radius 3 is 2.41 bits per heavy atom. The normalized spacial score (nSPS) is 48.1. The molecule has 5 fully saturated rings. The molecule has 0 aromatic heterocycles. The van der Waals surface area contributed by atoms with E-state index in [1.807, 2.05) is 0 Å². The number of cyclic esters (lactones) is 1. The maximum absolute atomic E-state index is 12.5. The maximum Gasteiger partial charge on any atom is 0.331 e. The fourth-order valence-corrected chi connectivity index (χ4v) is 10.4. The summed E-state index contributed by atoms with van der Waals surface area (Å²) in [7, 11) is 0. The molecule has 1 saturated heterocycles. The van der Waals surface area contributed by atoms with Crippen LogP contribution in [0.2, 0.25) is 0 Å². The molecule has 0 bridgehead atoms. The van der Waals surface area contributed by atoms with Gasteiger partial charge >= 0.3 is 17.9 Å². The van der Waals surface area contributed by atoms with Gasteiger partial charge in [-0.15, -0.1) is 0 Å². The largest absolute Gasteiger partial charge is 0.458 e. The van der Waals surface area contributed by atoms with Crippen LogP contribution in [0.3, 0.4) is 0 Å². The van der Waals surface area contributed by atoms with Crippen LogP contribution in [0.5, 0.6) is 0 Å². The monoisotopic (exact) mass is 615 g/mol. The van der Waals surface area contributed by atoms with Crippen molar-refractivity contribution in [2.75, 3.05) is 6.61 Å². The highest BCUT2D eigenvalue weighted by molar-refractivity contribution is 5.85. The summed E-state index contributed by atoms with van der Waals surface area (Å²) in [6.07, 6.45) is 3.53. The third-order valence-corrected chi connectivity index (χ3v) is 12.3. The molecule has 11 nitrogen and oxygen atoms in total. The van der Waals surface area contributed by atoms with Crippen LogP contribution in [0.4, 0.5) is 0 Å². The van der Waals surface area contributed by atoms with E-state index in [0.717, 1.165) is 12.0 Å². The van der Waals surface area contributed by atoms with Crippen LogP contribution in [-0.4, -0.2) is 76.6 Å². The third kappa shape index (κ3) is 4.79. The highest BCUT2D eigenvalue weighted by Crippen LogP contribution is 2.70. The zero-order chi connectivity index (χ0) is 31.7. The number of aliphatic hydroxyl groups is 2. The number of esters is 3. The first-order chi connectivity index (χ1) is 20.7. The predicted octanol–water partition coefficient (Wildman–Crippen LogP) is 3.25. The highest BCUT2D eigenvalue weighted by atomic mass is 16.7. The van der Waals surface area contributed by atoms with Gasteiger partial charge in [-0.3, -0.25) is 9.59 Å². The second-order valence-corrected chi connectivity index (χ2v) is 14.4. The van der Waals surface area contributed by atoms with Crippen molar-refractivity contribution >= 4 is 17.9 Å².